The zero-order chi connectivity index (χ0) is 15.7. The summed E-state index contributed by atoms with van der Waals surface area (Å²) >= 11 is 1.32. The van der Waals surface area contributed by atoms with Gasteiger partial charge in [-0.05, 0) is 44.8 Å². The predicted octanol–water partition coefficient (Wildman–Crippen LogP) is 1.94. The van der Waals surface area contributed by atoms with E-state index in [0.717, 1.165) is 32.5 Å². The van der Waals surface area contributed by atoms with Crippen LogP contribution in [0.4, 0.5) is 0 Å². The number of amides is 2. The maximum absolute atomic E-state index is 12.8. The maximum Gasteiger partial charge on any atom is 0.264 e. The Bertz CT molecular complexity index is 571. The number of carbonyl (C=O) groups is 2. The number of nitrogens with two attached hydrogens (primary N) is 1. The molecular weight excluding hydrogens is 298 g/mol. The molecule has 0 bridgehead atoms. The van der Waals surface area contributed by atoms with Crippen LogP contribution in [-0.2, 0) is 0 Å². The Kier molecular flexibility index (Phi) is 4.49. The summed E-state index contributed by atoms with van der Waals surface area (Å²) in [5.74, 6) is -0.413. The largest absolute Gasteiger partial charge is 0.366 e. The molecule has 2 aliphatic heterocycles. The Morgan fingerprint density at radius 1 is 1.27 bits per heavy atom. The van der Waals surface area contributed by atoms with E-state index < -0.39 is 5.91 Å². The first-order chi connectivity index (χ1) is 10.6. The summed E-state index contributed by atoms with van der Waals surface area (Å²) in [7, 11) is 0. The summed E-state index contributed by atoms with van der Waals surface area (Å²) < 4.78 is 0. The van der Waals surface area contributed by atoms with Crippen LogP contribution < -0.4 is 5.73 Å². The summed E-state index contributed by atoms with van der Waals surface area (Å²) in [4.78, 5) is 29.2. The molecule has 2 saturated heterocycles. The molecule has 1 aromatic rings. The summed E-state index contributed by atoms with van der Waals surface area (Å²) in [5.41, 5.74) is 5.71. The average Bonchev–Trinajstić information content (AvgIpc) is 3.23. The second kappa shape index (κ2) is 6.38. The molecule has 2 unspecified atom stereocenters. The lowest BCUT2D eigenvalue weighted by molar-refractivity contribution is 0.0655. The van der Waals surface area contributed by atoms with Crippen LogP contribution in [0.25, 0.3) is 0 Å². The Labute approximate surface area is 135 Å². The number of nitrogens with zero attached hydrogens (tertiary/aromatic N) is 2. The fourth-order valence-electron chi connectivity index (χ4n) is 3.84. The number of primary amides is 1. The van der Waals surface area contributed by atoms with Gasteiger partial charge in [0.15, 0.2) is 0 Å². The van der Waals surface area contributed by atoms with E-state index in [0.29, 0.717) is 22.5 Å². The van der Waals surface area contributed by atoms with Gasteiger partial charge in [0, 0.05) is 24.0 Å². The van der Waals surface area contributed by atoms with Gasteiger partial charge in [0.2, 0.25) is 5.91 Å². The van der Waals surface area contributed by atoms with Crippen molar-refractivity contribution in [1.29, 1.82) is 0 Å². The van der Waals surface area contributed by atoms with E-state index in [1.165, 1.54) is 24.2 Å². The molecule has 0 spiro atoms. The molecule has 5 nitrogen and oxygen atoms in total. The highest BCUT2D eigenvalue weighted by molar-refractivity contribution is 7.12. The van der Waals surface area contributed by atoms with E-state index in [9.17, 15) is 9.59 Å². The molecule has 3 rings (SSSR count). The van der Waals surface area contributed by atoms with Gasteiger partial charge in [-0.1, -0.05) is 6.92 Å². The van der Waals surface area contributed by atoms with Gasteiger partial charge in [-0.25, -0.2) is 0 Å². The summed E-state index contributed by atoms with van der Waals surface area (Å²) in [6, 6.07) is 2.44. The minimum absolute atomic E-state index is 0.0583. The molecule has 6 heteroatoms. The quantitative estimate of drug-likeness (QED) is 0.921. The number of likely N-dealkylation sites (tertiary alicyclic amines) is 2. The monoisotopic (exact) mass is 321 g/mol. The molecule has 2 N–H and O–H groups in total. The minimum atomic E-state index is -0.471. The molecule has 2 aliphatic rings. The van der Waals surface area contributed by atoms with Crippen LogP contribution >= 0.6 is 11.3 Å². The maximum atomic E-state index is 12.8. The number of rotatable bonds is 4. The second-order valence-corrected chi connectivity index (χ2v) is 7.02. The van der Waals surface area contributed by atoms with Crippen LogP contribution in [0.5, 0.6) is 0 Å². The van der Waals surface area contributed by atoms with Crippen LogP contribution in [0.1, 0.15) is 52.6 Å². The fourth-order valence-corrected chi connectivity index (χ4v) is 4.70. The minimum Gasteiger partial charge on any atom is -0.366 e. The zero-order valence-corrected chi connectivity index (χ0v) is 13.8. The molecule has 2 fully saturated rings. The van der Waals surface area contributed by atoms with Crippen LogP contribution in [-0.4, -0.2) is 53.3 Å². The smallest absolute Gasteiger partial charge is 0.264 e. The lowest BCUT2D eigenvalue weighted by Crippen LogP contribution is -2.48. The van der Waals surface area contributed by atoms with Gasteiger partial charge in [0.05, 0.1) is 10.4 Å². The highest BCUT2D eigenvalue weighted by atomic mass is 32.1. The first-order valence-corrected chi connectivity index (χ1v) is 8.93. The number of thiophene rings is 1. The number of hydrogen-bond acceptors (Lipinski definition) is 4. The third-order valence-corrected chi connectivity index (χ3v) is 5.84. The molecule has 120 valence electrons. The molecule has 3 heterocycles. The van der Waals surface area contributed by atoms with E-state index in [-0.39, 0.29) is 5.91 Å². The zero-order valence-electron chi connectivity index (χ0n) is 13.0. The number of carbonyl (C=O) groups excluding carboxylic acids is 2. The predicted molar refractivity (Wildman–Crippen MR) is 87.2 cm³/mol. The Morgan fingerprint density at radius 3 is 2.68 bits per heavy atom. The van der Waals surface area contributed by atoms with E-state index in [2.05, 4.69) is 11.8 Å². The Balaban J connectivity index is 1.77. The first-order valence-electron chi connectivity index (χ1n) is 8.05. The van der Waals surface area contributed by atoms with Gasteiger partial charge in [0.1, 0.15) is 0 Å². The standard InChI is InChI=1S/C16H23N3O2S/c1-2-18-7-3-5-12(18)13-6-4-8-19(13)16(21)14-9-11(10-22-14)15(17)20/h9-10,12-13H,2-8H2,1H3,(H2,17,20). The van der Waals surface area contributed by atoms with E-state index in [1.54, 1.807) is 11.4 Å². The van der Waals surface area contributed by atoms with E-state index in [1.807, 2.05) is 4.90 Å². The van der Waals surface area contributed by atoms with Crippen molar-refractivity contribution in [3.63, 3.8) is 0 Å². The van der Waals surface area contributed by atoms with Gasteiger partial charge in [-0.2, -0.15) is 0 Å². The number of likely N-dealkylation sites (N-methyl/N-ethyl adjacent to an activating group) is 1. The Hall–Kier alpha value is -1.40. The van der Waals surface area contributed by atoms with Gasteiger partial charge in [-0.15, -0.1) is 11.3 Å². The molecule has 0 aromatic carbocycles. The van der Waals surface area contributed by atoms with E-state index >= 15 is 0 Å². The van der Waals surface area contributed by atoms with Crippen molar-refractivity contribution in [1.82, 2.24) is 9.80 Å². The molecule has 22 heavy (non-hydrogen) atoms. The topological polar surface area (TPSA) is 66.6 Å². The average molecular weight is 321 g/mol. The summed E-state index contributed by atoms with van der Waals surface area (Å²) in [6.45, 7) is 5.21. The van der Waals surface area contributed by atoms with Crippen molar-refractivity contribution < 1.29 is 9.59 Å². The van der Waals surface area contributed by atoms with Gasteiger partial charge in [0.25, 0.3) is 5.91 Å². The number of hydrogen-bond donors (Lipinski definition) is 1. The lowest BCUT2D eigenvalue weighted by Gasteiger charge is -2.34. The lowest BCUT2D eigenvalue weighted by atomic mass is 10.0. The van der Waals surface area contributed by atoms with Crippen LogP contribution in [0.3, 0.4) is 0 Å². The summed E-state index contributed by atoms with van der Waals surface area (Å²) in [6.07, 6.45) is 4.56. The second-order valence-electron chi connectivity index (χ2n) is 6.11. The summed E-state index contributed by atoms with van der Waals surface area (Å²) in [5, 5.41) is 1.68. The Morgan fingerprint density at radius 2 is 2.00 bits per heavy atom. The van der Waals surface area contributed by atoms with Gasteiger partial charge >= 0.3 is 0 Å². The fraction of sp³-hybridized carbons (Fsp3) is 0.625. The third kappa shape index (κ3) is 2.77. The van der Waals surface area contributed by atoms with Gasteiger partial charge < -0.3 is 10.6 Å². The normalized spacial score (nSPS) is 25.8. The van der Waals surface area contributed by atoms with Crippen molar-refractivity contribution in [2.24, 2.45) is 5.73 Å². The molecule has 2 amide bonds. The van der Waals surface area contributed by atoms with Crippen molar-refractivity contribution in [2.45, 2.75) is 44.7 Å². The van der Waals surface area contributed by atoms with Crippen molar-refractivity contribution in [3.05, 3.63) is 21.9 Å². The van der Waals surface area contributed by atoms with Crippen molar-refractivity contribution in [3.8, 4) is 0 Å². The van der Waals surface area contributed by atoms with Crippen LogP contribution in [0.15, 0.2) is 11.4 Å². The molecule has 0 radical (unpaired) electrons. The highest BCUT2D eigenvalue weighted by Crippen LogP contribution is 2.31. The van der Waals surface area contributed by atoms with Gasteiger partial charge in [-0.3, -0.25) is 14.5 Å². The molecule has 0 saturated carbocycles. The molecule has 1 aromatic heterocycles. The van der Waals surface area contributed by atoms with Crippen LogP contribution in [0.2, 0.25) is 0 Å². The van der Waals surface area contributed by atoms with Crippen molar-refractivity contribution in [2.75, 3.05) is 19.6 Å². The molecule has 0 aliphatic carbocycles. The first kappa shape index (κ1) is 15.5. The van der Waals surface area contributed by atoms with Crippen molar-refractivity contribution >= 4 is 23.2 Å². The third-order valence-electron chi connectivity index (χ3n) is 4.92. The molecular formula is C16H23N3O2S. The van der Waals surface area contributed by atoms with Crippen LogP contribution in [0, 0.1) is 0 Å². The highest BCUT2D eigenvalue weighted by Gasteiger charge is 2.39. The van der Waals surface area contributed by atoms with E-state index in [4.69, 9.17) is 5.73 Å². The SMILES string of the molecule is CCN1CCCC1C1CCCN1C(=O)c1cc(C(N)=O)cs1. The molecule has 2 atom stereocenters.